The van der Waals surface area contributed by atoms with Gasteiger partial charge in [0, 0.05) is 0 Å². The quantitative estimate of drug-likeness (QED) is 0.367. The van der Waals surface area contributed by atoms with E-state index < -0.39 is 5.72 Å². The summed E-state index contributed by atoms with van der Waals surface area (Å²) in [6.45, 7) is 6.63. The highest BCUT2D eigenvalue weighted by Gasteiger charge is 2.11. The average Bonchev–Trinajstić information content (AvgIpc) is 1.31. The van der Waals surface area contributed by atoms with Crippen molar-refractivity contribution in [2.75, 3.05) is 0 Å². The minimum atomic E-state index is -1.19. The van der Waals surface area contributed by atoms with Gasteiger partial charge in [0.1, 0.15) is 5.72 Å². The summed E-state index contributed by atoms with van der Waals surface area (Å²) in [5.41, 5.74) is 4.52. The molecule has 0 aliphatic carbocycles. The Morgan fingerprint density at radius 2 is 2.00 bits per heavy atom. The van der Waals surface area contributed by atoms with Crippen LogP contribution in [0.1, 0.15) is 13.8 Å². The first-order valence-corrected chi connectivity index (χ1v) is 2.12. The third-order valence-electron chi connectivity index (χ3n) is 0.864. The molecule has 0 fully saturated rings. The van der Waals surface area contributed by atoms with E-state index in [1.807, 2.05) is 0 Å². The normalized spacial score (nSPS) is 18.3. The molecule has 0 saturated carbocycles. The highest BCUT2D eigenvalue weighted by Crippen LogP contribution is 2.03. The van der Waals surface area contributed by atoms with Gasteiger partial charge in [0.25, 0.3) is 0 Å². The number of nitrogens with two attached hydrogens (primary N) is 1. The Morgan fingerprint density at radius 3 is 2.00 bits per heavy atom. The van der Waals surface area contributed by atoms with Crippen molar-refractivity contribution in [2.45, 2.75) is 19.6 Å². The largest absolute Gasteiger partial charge is 0.372 e. The molecule has 0 aromatic rings. The topological polar surface area (TPSA) is 46.2 Å². The minimum absolute atomic E-state index is 0.576. The highest BCUT2D eigenvalue weighted by molar-refractivity contribution is 5.02. The van der Waals surface area contributed by atoms with Gasteiger partial charge >= 0.3 is 0 Å². The molecule has 1 atom stereocenters. The smallest absolute Gasteiger partial charge is 0.132 e. The first-order valence-electron chi connectivity index (χ1n) is 2.12. The van der Waals surface area contributed by atoms with Gasteiger partial charge in [-0.15, -0.1) is 0 Å². The van der Waals surface area contributed by atoms with Crippen LogP contribution in [0.5, 0.6) is 0 Å². The molecule has 0 aromatic carbocycles. The molecule has 0 aliphatic heterocycles. The molecule has 2 nitrogen and oxygen atoms in total. The molecule has 0 spiro atoms. The third-order valence-corrected chi connectivity index (χ3v) is 0.864. The van der Waals surface area contributed by atoms with E-state index in [0.717, 1.165) is 0 Å². The number of aliphatic hydroxyl groups is 1. The van der Waals surface area contributed by atoms with Gasteiger partial charge in [-0.3, -0.25) is 0 Å². The molecule has 0 aromatic heterocycles. The van der Waals surface area contributed by atoms with Crippen LogP contribution in [0.15, 0.2) is 12.2 Å². The number of hydrogen-bond acceptors (Lipinski definition) is 2. The Balaban J connectivity index is 3.79. The highest BCUT2D eigenvalue weighted by atomic mass is 16.3. The van der Waals surface area contributed by atoms with Crippen molar-refractivity contribution >= 4 is 0 Å². The summed E-state index contributed by atoms with van der Waals surface area (Å²) in [6, 6.07) is 0. The Hall–Kier alpha value is -0.340. The summed E-state index contributed by atoms with van der Waals surface area (Å²) < 4.78 is 0. The van der Waals surface area contributed by atoms with Crippen LogP contribution in [0, 0.1) is 0 Å². The lowest BCUT2D eigenvalue weighted by Gasteiger charge is -2.15. The van der Waals surface area contributed by atoms with Gasteiger partial charge in [-0.2, -0.15) is 0 Å². The second kappa shape index (κ2) is 1.64. The fourth-order valence-corrected chi connectivity index (χ4v) is 0. The Labute approximate surface area is 43.6 Å². The van der Waals surface area contributed by atoms with Crippen molar-refractivity contribution in [2.24, 2.45) is 5.73 Å². The monoisotopic (exact) mass is 101 g/mol. The summed E-state index contributed by atoms with van der Waals surface area (Å²) in [6.07, 6.45) is 0. The summed E-state index contributed by atoms with van der Waals surface area (Å²) in [5.74, 6) is 0. The first kappa shape index (κ1) is 6.66. The average molecular weight is 101 g/mol. The molecule has 0 radical (unpaired) electrons. The molecule has 0 bridgehead atoms. The second-order valence-electron chi connectivity index (χ2n) is 1.93. The van der Waals surface area contributed by atoms with Gasteiger partial charge in [0.2, 0.25) is 0 Å². The van der Waals surface area contributed by atoms with Gasteiger partial charge in [-0.1, -0.05) is 6.58 Å². The predicted octanol–water partition coefficient (Wildman–Crippen LogP) is 0.230. The molecule has 0 amide bonds. The SMILES string of the molecule is C=C(C)C(C)(N)O. The molecule has 7 heavy (non-hydrogen) atoms. The van der Waals surface area contributed by atoms with Gasteiger partial charge in [-0.05, 0) is 19.4 Å². The maximum absolute atomic E-state index is 8.77. The van der Waals surface area contributed by atoms with Crippen molar-refractivity contribution in [1.82, 2.24) is 0 Å². The van der Waals surface area contributed by atoms with Crippen LogP contribution in [0.4, 0.5) is 0 Å². The summed E-state index contributed by atoms with van der Waals surface area (Å²) >= 11 is 0. The Morgan fingerprint density at radius 1 is 1.86 bits per heavy atom. The lowest BCUT2D eigenvalue weighted by atomic mass is 10.1. The van der Waals surface area contributed by atoms with Crippen molar-refractivity contribution in [1.29, 1.82) is 0 Å². The fourth-order valence-electron chi connectivity index (χ4n) is 0. The number of rotatable bonds is 1. The Bertz CT molecular complexity index is 80.6. The van der Waals surface area contributed by atoms with E-state index in [0.29, 0.717) is 5.57 Å². The van der Waals surface area contributed by atoms with Crippen molar-refractivity contribution in [3.05, 3.63) is 12.2 Å². The first-order chi connectivity index (χ1) is 2.94. The Kier molecular flexibility index (Phi) is 1.56. The molecule has 0 rings (SSSR count). The molecule has 42 valence electrons. The fraction of sp³-hybridized carbons (Fsp3) is 0.600. The molecule has 1 unspecified atom stereocenters. The lowest BCUT2D eigenvalue weighted by Crippen LogP contribution is -2.36. The maximum Gasteiger partial charge on any atom is 0.132 e. The molecule has 0 heterocycles. The predicted molar refractivity (Wildman–Crippen MR) is 29.6 cm³/mol. The zero-order valence-corrected chi connectivity index (χ0v) is 4.73. The zero-order valence-electron chi connectivity index (χ0n) is 4.73. The summed E-state index contributed by atoms with van der Waals surface area (Å²) in [4.78, 5) is 0. The van der Waals surface area contributed by atoms with Gasteiger partial charge in [0.05, 0.1) is 0 Å². The zero-order chi connectivity index (χ0) is 6.08. The molecular formula is C5H11NO. The second-order valence-corrected chi connectivity index (χ2v) is 1.93. The van der Waals surface area contributed by atoms with Crippen molar-refractivity contribution in [3.8, 4) is 0 Å². The van der Waals surface area contributed by atoms with Crippen LogP contribution in [0.25, 0.3) is 0 Å². The summed E-state index contributed by atoms with van der Waals surface area (Å²) in [7, 11) is 0. The van der Waals surface area contributed by atoms with Gasteiger partial charge in [0.15, 0.2) is 0 Å². The van der Waals surface area contributed by atoms with Gasteiger partial charge < -0.3 is 10.8 Å². The minimum Gasteiger partial charge on any atom is -0.372 e. The van der Waals surface area contributed by atoms with Crippen LogP contribution in [-0.4, -0.2) is 10.8 Å². The van der Waals surface area contributed by atoms with Crippen LogP contribution in [0.3, 0.4) is 0 Å². The van der Waals surface area contributed by atoms with Crippen molar-refractivity contribution < 1.29 is 5.11 Å². The third kappa shape index (κ3) is 2.37. The number of hydrogen-bond donors (Lipinski definition) is 2. The van der Waals surface area contributed by atoms with E-state index in [-0.39, 0.29) is 0 Å². The van der Waals surface area contributed by atoms with Crippen LogP contribution in [-0.2, 0) is 0 Å². The maximum atomic E-state index is 8.77. The van der Waals surface area contributed by atoms with Crippen LogP contribution >= 0.6 is 0 Å². The van der Waals surface area contributed by atoms with Gasteiger partial charge in [-0.25, -0.2) is 0 Å². The molecule has 0 saturated heterocycles. The summed E-state index contributed by atoms with van der Waals surface area (Å²) in [5, 5.41) is 8.77. The lowest BCUT2D eigenvalue weighted by molar-refractivity contribution is 0.107. The van der Waals surface area contributed by atoms with E-state index in [2.05, 4.69) is 6.58 Å². The standard InChI is InChI=1S/C5H11NO/c1-4(2)5(3,6)7/h7H,1,6H2,2-3H3. The molecule has 2 heteroatoms. The van der Waals surface area contributed by atoms with Crippen LogP contribution < -0.4 is 5.73 Å². The van der Waals surface area contributed by atoms with E-state index in [9.17, 15) is 0 Å². The van der Waals surface area contributed by atoms with Crippen molar-refractivity contribution in [3.63, 3.8) is 0 Å². The van der Waals surface area contributed by atoms with E-state index in [1.165, 1.54) is 6.92 Å². The molecule has 0 aliphatic rings. The van der Waals surface area contributed by atoms with E-state index in [1.54, 1.807) is 6.92 Å². The van der Waals surface area contributed by atoms with Crippen LogP contribution in [0.2, 0.25) is 0 Å². The van der Waals surface area contributed by atoms with E-state index >= 15 is 0 Å². The molecular weight excluding hydrogens is 90.1 g/mol. The van der Waals surface area contributed by atoms with E-state index in [4.69, 9.17) is 10.8 Å². The molecule has 3 N–H and O–H groups in total.